The van der Waals surface area contributed by atoms with Crippen molar-refractivity contribution in [3.8, 4) is 0 Å². The minimum absolute atomic E-state index is 0. The Bertz CT molecular complexity index is 6.85. The van der Waals surface area contributed by atoms with Crippen LogP contribution < -0.4 is 0 Å². The van der Waals surface area contributed by atoms with Gasteiger partial charge in [-0.2, -0.15) is 0 Å². The third-order valence-corrected chi connectivity index (χ3v) is 0. The van der Waals surface area contributed by atoms with E-state index < -0.39 is 0 Å². The molecule has 0 spiro atoms. The zero-order valence-electron chi connectivity index (χ0n) is 2.17. The van der Waals surface area contributed by atoms with Gasteiger partial charge in [-0.25, -0.2) is 0 Å². The predicted octanol–water partition coefficient (Wildman–Crippen LogP) is -0.740. The summed E-state index contributed by atoms with van der Waals surface area (Å²) in [5.41, 5.74) is 0. The molecule has 0 aromatic heterocycles. The van der Waals surface area contributed by atoms with Crippen LogP contribution in [0.2, 0.25) is 0 Å². The van der Waals surface area contributed by atoms with E-state index >= 15 is 0 Å². The van der Waals surface area contributed by atoms with Gasteiger partial charge in [0.25, 0.3) is 0 Å². The Morgan fingerprint density at radius 3 is 0.600 bits per heavy atom. The van der Waals surface area contributed by atoms with Gasteiger partial charge in [-0.3, -0.25) is 0 Å². The molecular weight excluding hydrogens is 257 g/mol. The SMILES string of the molecule is [O-2].[O-2].[O-2].[Si+].[Ta+5]. The van der Waals surface area contributed by atoms with Crippen molar-refractivity contribution < 1.29 is 38.8 Å². The van der Waals surface area contributed by atoms with Crippen LogP contribution in [0.25, 0.3) is 0 Å². The molecule has 0 aliphatic rings. The monoisotopic (exact) mass is 257 g/mol. The van der Waals surface area contributed by atoms with Crippen LogP contribution in [0.3, 0.4) is 0 Å². The molecule has 3 radical (unpaired) electrons. The summed E-state index contributed by atoms with van der Waals surface area (Å²) in [5.74, 6) is 0. The third-order valence-electron chi connectivity index (χ3n) is 0. The first-order valence-electron chi connectivity index (χ1n) is 0. The summed E-state index contributed by atoms with van der Waals surface area (Å²) in [6, 6.07) is 0. The molecule has 0 rings (SSSR count). The molecule has 0 amide bonds. The van der Waals surface area contributed by atoms with Gasteiger partial charge in [-0.15, -0.1) is 0 Å². The summed E-state index contributed by atoms with van der Waals surface area (Å²) in [4.78, 5) is 0. The van der Waals surface area contributed by atoms with E-state index in [0.29, 0.717) is 0 Å². The summed E-state index contributed by atoms with van der Waals surface area (Å²) in [5, 5.41) is 0. The van der Waals surface area contributed by atoms with Gasteiger partial charge in [0.15, 0.2) is 0 Å². The molecule has 5 heavy (non-hydrogen) atoms. The molecule has 3 nitrogen and oxygen atoms in total. The fourth-order valence-corrected chi connectivity index (χ4v) is 0. The van der Waals surface area contributed by atoms with Gasteiger partial charge in [0.1, 0.15) is 0 Å². The topological polar surface area (TPSA) is 85.5 Å². The molecule has 0 saturated heterocycles. The molecule has 0 atom stereocenters. The molecule has 0 bridgehead atoms. The maximum atomic E-state index is 0. The van der Waals surface area contributed by atoms with Crippen molar-refractivity contribution in [1.29, 1.82) is 0 Å². The Kier molecular flexibility index (Phi) is 3960. The summed E-state index contributed by atoms with van der Waals surface area (Å²) < 4.78 is 0. The molecule has 0 aromatic carbocycles. The van der Waals surface area contributed by atoms with Crippen molar-refractivity contribution >= 4 is 11.0 Å². The van der Waals surface area contributed by atoms with E-state index in [9.17, 15) is 0 Å². The Hall–Kier alpha value is 0.837. The zero-order valence-corrected chi connectivity index (χ0v) is 6.39. The fraction of sp³-hybridized carbons (Fsp3) is 0. The van der Waals surface area contributed by atoms with Gasteiger partial charge in [0.2, 0.25) is 0 Å². The van der Waals surface area contributed by atoms with Crippen molar-refractivity contribution in [3.63, 3.8) is 0 Å². The Morgan fingerprint density at radius 2 is 0.600 bits per heavy atom. The van der Waals surface area contributed by atoms with Crippen molar-refractivity contribution in [3.05, 3.63) is 0 Å². The maximum absolute atomic E-state index is 0. The summed E-state index contributed by atoms with van der Waals surface area (Å²) in [6.07, 6.45) is 0. The maximum Gasteiger partial charge on any atom is 5.00 e. The van der Waals surface area contributed by atoms with Crippen LogP contribution in [0.4, 0.5) is 0 Å². The number of hydrogen-bond donors (Lipinski definition) is 0. The second kappa shape index (κ2) is 102. The van der Waals surface area contributed by atoms with Crippen LogP contribution in [-0.4, -0.2) is 11.0 Å². The third kappa shape index (κ3) is 55.6. The van der Waals surface area contributed by atoms with Gasteiger partial charge in [0, 0.05) is 0 Å². The molecule has 0 N–H and O–H groups in total. The second-order valence-electron chi connectivity index (χ2n) is 0. The number of rotatable bonds is 0. The van der Waals surface area contributed by atoms with E-state index in [-0.39, 0.29) is 49.8 Å². The summed E-state index contributed by atoms with van der Waals surface area (Å²) in [7, 11) is 0. The van der Waals surface area contributed by atoms with E-state index in [0.717, 1.165) is 0 Å². The van der Waals surface area contributed by atoms with Gasteiger partial charge in [0.05, 0.1) is 0 Å². The molecule has 0 heterocycles. The quantitative estimate of drug-likeness (QED) is 0.512. The molecule has 0 fully saturated rings. The molecule has 0 aromatic rings. The first-order valence-corrected chi connectivity index (χ1v) is 0. The van der Waals surface area contributed by atoms with Crippen LogP contribution in [0.1, 0.15) is 0 Å². The smallest absolute Gasteiger partial charge is 2.00 e. The van der Waals surface area contributed by atoms with Crippen LogP contribution in [0, 0.1) is 0 Å². The van der Waals surface area contributed by atoms with Crippen molar-refractivity contribution in [2.45, 2.75) is 0 Å². The fourth-order valence-electron chi connectivity index (χ4n) is 0. The van der Waals surface area contributed by atoms with E-state index in [4.69, 9.17) is 0 Å². The Labute approximate surface area is 50.2 Å². The first-order chi connectivity index (χ1) is 0. The van der Waals surface area contributed by atoms with Crippen LogP contribution >= 0.6 is 0 Å². The molecule has 0 aliphatic heterocycles. The van der Waals surface area contributed by atoms with E-state index in [1.54, 1.807) is 0 Å². The van der Waals surface area contributed by atoms with Gasteiger partial charge in [-0.1, -0.05) is 0 Å². The average molecular weight is 257 g/mol. The molecule has 27 valence electrons. The van der Waals surface area contributed by atoms with Crippen molar-refractivity contribution in [1.82, 2.24) is 0 Å². The van der Waals surface area contributed by atoms with Crippen LogP contribution in [0.15, 0.2) is 0 Å². The van der Waals surface area contributed by atoms with Gasteiger partial charge >= 0.3 is 33.3 Å². The number of hydrogen-bond acceptors (Lipinski definition) is 0. The van der Waals surface area contributed by atoms with Gasteiger partial charge < -0.3 is 16.4 Å². The standard InChI is InChI=1S/3O.Si.Ta/q3*-2;+1;+5. The Balaban J connectivity index is 0. The van der Waals surface area contributed by atoms with Gasteiger partial charge in [-0.05, 0) is 0 Å². The first kappa shape index (κ1) is 195. The summed E-state index contributed by atoms with van der Waals surface area (Å²) in [6.45, 7) is 0. The average Bonchev–Trinajstić information content (AvgIpc) is 0. The summed E-state index contributed by atoms with van der Waals surface area (Å²) >= 11 is 0. The molecular formula is O3SiTa. The molecule has 0 unspecified atom stereocenters. The Morgan fingerprint density at radius 1 is 0.600 bits per heavy atom. The van der Waals surface area contributed by atoms with E-state index in [1.165, 1.54) is 0 Å². The van der Waals surface area contributed by atoms with E-state index in [1.807, 2.05) is 0 Å². The second-order valence-corrected chi connectivity index (χ2v) is 0. The normalized spacial score (nSPS) is 0. The zero-order chi connectivity index (χ0) is 0. The minimum atomic E-state index is 0. The van der Waals surface area contributed by atoms with E-state index in [2.05, 4.69) is 0 Å². The van der Waals surface area contributed by atoms with Crippen molar-refractivity contribution in [2.24, 2.45) is 0 Å². The van der Waals surface area contributed by atoms with Crippen LogP contribution in [0.5, 0.6) is 0 Å². The molecule has 5 heteroatoms. The predicted molar refractivity (Wildman–Crippen MR) is 7.81 cm³/mol. The van der Waals surface area contributed by atoms with Crippen LogP contribution in [-0.2, 0) is 38.8 Å². The largest absolute Gasteiger partial charge is 5.00 e. The molecule has 0 saturated carbocycles. The van der Waals surface area contributed by atoms with Crippen molar-refractivity contribution in [2.75, 3.05) is 0 Å². The minimum Gasteiger partial charge on any atom is -2.00 e. The molecule has 0 aliphatic carbocycles.